The number of carboxylic acids is 1. The molecule has 0 saturated carbocycles. The molecule has 3 heteroatoms. The van der Waals surface area contributed by atoms with E-state index in [-0.39, 0.29) is 5.57 Å². The minimum atomic E-state index is -1.23. The summed E-state index contributed by atoms with van der Waals surface area (Å²) in [6.07, 6.45) is 2.36. The molecule has 0 amide bonds. The predicted molar refractivity (Wildman–Crippen MR) is 86.1 cm³/mol. The van der Waals surface area contributed by atoms with Crippen LogP contribution in [-0.2, 0) is 11.2 Å². The number of nitrogens with zero attached hydrogens (tertiary/aromatic N) is 1. The standard InChI is InChI=1S/C19H15NO2/c1-2-8-14-9-6-7-12-16(14)18(17(13-20)19(21)22)15-10-4-3-5-11-15/h2-7,9-12H,1,8H2,(H,21,22). The van der Waals surface area contributed by atoms with Crippen LogP contribution in [0.15, 0.2) is 72.8 Å². The maximum atomic E-state index is 11.5. The lowest BCUT2D eigenvalue weighted by Gasteiger charge is -2.13. The van der Waals surface area contributed by atoms with Crippen LogP contribution in [0.1, 0.15) is 16.7 Å². The third kappa shape index (κ3) is 3.13. The van der Waals surface area contributed by atoms with Crippen molar-refractivity contribution in [2.24, 2.45) is 0 Å². The Morgan fingerprint density at radius 1 is 1.14 bits per heavy atom. The minimum Gasteiger partial charge on any atom is -0.477 e. The molecule has 22 heavy (non-hydrogen) atoms. The van der Waals surface area contributed by atoms with Crippen LogP contribution in [-0.4, -0.2) is 11.1 Å². The molecule has 0 aromatic heterocycles. The Balaban J connectivity index is 2.79. The van der Waals surface area contributed by atoms with E-state index in [2.05, 4.69) is 6.58 Å². The maximum absolute atomic E-state index is 11.5. The number of allylic oxidation sites excluding steroid dienone is 1. The molecule has 0 heterocycles. The maximum Gasteiger partial charge on any atom is 0.347 e. The fourth-order valence-electron chi connectivity index (χ4n) is 2.35. The van der Waals surface area contributed by atoms with Gasteiger partial charge >= 0.3 is 5.97 Å². The van der Waals surface area contributed by atoms with E-state index < -0.39 is 5.97 Å². The van der Waals surface area contributed by atoms with Gasteiger partial charge < -0.3 is 5.11 Å². The van der Waals surface area contributed by atoms with Gasteiger partial charge in [-0.3, -0.25) is 0 Å². The van der Waals surface area contributed by atoms with Gasteiger partial charge in [-0.15, -0.1) is 6.58 Å². The van der Waals surface area contributed by atoms with Crippen LogP contribution >= 0.6 is 0 Å². The van der Waals surface area contributed by atoms with Crippen molar-refractivity contribution in [1.29, 1.82) is 5.26 Å². The number of aliphatic carboxylic acids is 1. The molecule has 0 unspecified atom stereocenters. The van der Waals surface area contributed by atoms with E-state index >= 15 is 0 Å². The molecule has 0 aliphatic carbocycles. The molecule has 108 valence electrons. The van der Waals surface area contributed by atoms with Gasteiger partial charge in [0, 0.05) is 5.57 Å². The molecule has 0 fully saturated rings. The zero-order valence-corrected chi connectivity index (χ0v) is 12.0. The van der Waals surface area contributed by atoms with Crippen LogP contribution in [0.5, 0.6) is 0 Å². The summed E-state index contributed by atoms with van der Waals surface area (Å²) in [7, 11) is 0. The minimum absolute atomic E-state index is 0.261. The molecular weight excluding hydrogens is 274 g/mol. The Hall–Kier alpha value is -3.12. The predicted octanol–water partition coefficient (Wildman–Crippen LogP) is 3.83. The first-order chi connectivity index (χ1) is 10.7. The van der Waals surface area contributed by atoms with E-state index in [0.29, 0.717) is 17.6 Å². The number of hydrogen-bond acceptors (Lipinski definition) is 2. The van der Waals surface area contributed by atoms with Crippen LogP contribution in [0.4, 0.5) is 0 Å². The van der Waals surface area contributed by atoms with Crippen LogP contribution in [0.2, 0.25) is 0 Å². The number of nitriles is 1. The summed E-state index contributed by atoms with van der Waals surface area (Å²) < 4.78 is 0. The Bertz CT molecular complexity index is 768. The van der Waals surface area contributed by atoms with Crippen LogP contribution in [0.3, 0.4) is 0 Å². The number of benzene rings is 2. The van der Waals surface area contributed by atoms with E-state index in [9.17, 15) is 15.2 Å². The van der Waals surface area contributed by atoms with E-state index in [4.69, 9.17) is 0 Å². The highest BCUT2D eigenvalue weighted by Crippen LogP contribution is 2.30. The third-order valence-electron chi connectivity index (χ3n) is 3.29. The number of carboxylic acid groups (broad SMARTS) is 1. The van der Waals surface area contributed by atoms with Crippen molar-refractivity contribution >= 4 is 11.5 Å². The van der Waals surface area contributed by atoms with Crippen molar-refractivity contribution in [2.45, 2.75) is 6.42 Å². The second-order valence-electron chi connectivity index (χ2n) is 4.68. The van der Waals surface area contributed by atoms with Gasteiger partial charge in [0.25, 0.3) is 0 Å². The lowest BCUT2D eigenvalue weighted by atomic mass is 9.89. The zero-order valence-electron chi connectivity index (χ0n) is 12.0. The summed E-state index contributed by atoms with van der Waals surface area (Å²) >= 11 is 0. The van der Waals surface area contributed by atoms with Crippen molar-refractivity contribution in [1.82, 2.24) is 0 Å². The molecule has 0 atom stereocenters. The van der Waals surface area contributed by atoms with Crippen LogP contribution in [0, 0.1) is 11.3 Å². The van der Waals surface area contributed by atoms with E-state index in [1.54, 1.807) is 18.2 Å². The SMILES string of the molecule is C=CCc1ccccc1C(=C(C#N)C(=O)O)c1ccccc1. The molecule has 0 saturated heterocycles. The number of rotatable bonds is 5. The lowest BCUT2D eigenvalue weighted by molar-refractivity contribution is -0.132. The second-order valence-corrected chi connectivity index (χ2v) is 4.68. The zero-order chi connectivity index (χ0) is 15.9. The van der Waals surface area contributed by atoms with Crippen molar-refractivity contribution in [3.63, 3.8) is 0 Å². The highest BCUT2D eigenvalue weighted by atomic mass is 16.4. The second kappa shape index (κ2) is 7.05. The lowest BCUT2D eigenvalue weighted by Crippen LogP contribution is -2.05. The fourth-order valence-corrected chi connectivity index (χ4v) is 2.35. The van der Waals surface area contributed by atoms with Crippen LogP contribution < -0.4 is 0 Å². The first-order valence-electron chi connectivity index (χ1n) is 6.81. The monoisotopic (exact) mass is 289 g/mol. The summed E-state index contributed by atoms with van der Waals surface area (Å²) in [5, 5.41) is 18.7. The average molecular weight is 289 g/mol. The smallest absolute Gasteiger partial charge is 0.347 e. The van der Waals surface area contributed by atoms with Crippen molar-refractivity contribution < 1.29 is 9.90 Å². The molecule has 0 spiro atoms. The van der Waals surface area contributed by atoms with Gasteiger partial charge in [0.2, 0.25) is 0 Å². The van der Waals surface area contributed by atoms with Gasteiger partial charge in [-0.2, -0.15) is 5.26 Å². The largest absolute Gasteiger partial charge is 0.477 e. The topological polar surface area (TPSA) is 61.1 Å². The number of carbonyl (C=O) groups is 1. The first kappa shape index (κ1) is 15.3. The van der Waals surface area contributed by atoms with Crippen LogP contribution in [0.25, 0.3) is 5.57 Å². The summed E-state index contributed by atoms with van der Waals surface area (Å²) in [4.78, 5) is 11.5. The molecule has 2 aromatic rings. The molecule has 2 aromatic carbocycles. The summed E-state index contributed by atoms with van der Waals surface area (Å²) in [5.41, 5.74) is 2.56. The summed E-state index contributed by atoms with van der Waals surface area (Å²) in [6, 6.07) is 18.4. The normalized spacial score (nSPS) is 11.2. The Labute approximate surface area is 129 Å². The van der Waals surface area contributed by atoms with Crippen molar-refractivity contribution in [3.05, 3.63) is 89.5 Å². The molecule has 0 aliphatic heterocycles. The molecular formula is C19H15NO2. The van der Waals surface area contributed by atoms with Gasteiger partial charge in [-0.05, 0) is 23.1 Å². The molecule has 2 rings (SSSR count). The molecule has 0 aliphatic rings. The summed E-state index contributed by atoms with van der Waals surface area (Å²) in [6.45, 7) is 3.73. The highest BCUT2D eigenvalue weighted by molar-refractivity contribution is 6.04. The van der Waals surface area contributed by atoms with E-state index in [0.717, 1.165) is 11.1 Å². The van der Waals surface area contributed by atoms with Crippen molar-refractivity contribution in [3.8, 4) is 6.07 Å². The van der Waals surface area contributed by atoms with Gasteiger partial charge in [0.15, 0.2) is 0 Å². The van der Waals surface area contributed by atoms with Crippen molar-refractivity contribution in [2.75, 3.05) is 0 Å². The van der Waals surface area contributed by atoms with Gasteiger partial charge in [-0.1, -0.05) is 60.7 Å². The highest BCUT2D eigenvalue weighted by Gasteiger charge is 2.19. The Kier molecular flexibility index (Phi) is 4.89. The van der Waals surface area contributed by atoms with Gasteiger partial charge in [-0.25, -0.2) is 4.79 Å². The molecule has 3 nitrogen and oxygen atoms in total. The molecule has 0 bridgehead atoms. The Morgan fingerprint density at radius 3 is 2.36 bits per heavy atom. The molecule has 1 N–H and O–H groups in total. The van der Waals surface area contributed by atoms with Gasteiger partial charge in [0.1, 0.15) is 11.6 Å². The average Bonchev–Trinajstić information content (AvgIpc) is 2.54. The molecule has 0 radical (unpaired) electrons. The Morgan fingerprint density at radius 2 is 1.77 bits per heavy atom. The van der Waals surface area contributed by atoms with E-state index in [1.165, 1.54) is 0 Å². The van der Waals surface area contributed by atoms with E-state index in [1.807, 2.05) is 48.5 Å². The van der Waals surface area contributed by atoms with Gasteiger partial charge in [0.05, 0.1) is 0 Å². The first-order valence-corrected chi connectivity index (χ1v) is 6.81. The quantitative estimate of drug-likeness (QED) is 0.517. The number of hydrogen-bond donors (Lipinski definition) is 1. The summed E-state index contributed by atoms with van der Waals surface area (Å²) in [5.74, 6) is -1.23. The fraction of sp³-hybridized carbons (Fsp3) is 0.0526. The third-order valence-corrected chi connectivity index (χ3v) is 3.29.